The van der Waals surface area contributed by atoms with Gasteiger partial charge in [-0.2, -0.15) is 0 Å². The van der Waals surface area contributed by atoms with Crippen molar-refractivity contribution in [2.75, 3.05) is 13.1 Å². The lowest BCUT2D eigenvalue weighted by molar-refractivity contribution is -0.127. The standard InChI is InChI=1S/C24H32N2O3/c1-6-26(7-2)24(28)20-13-11-19(12-14-20)16-25-23(27)18(5)29-22-10-8-9-21(15-22)17(3)4/h8-15,17-18H,6-7,16H2,1-5H3,(H,25,27). The molecule has 5 heteroatoms. The van der Waals surface area contributed by atoms with Gasteiger partial charge in [0, 0.05) is 25.2 Å². The lowest BCUT2D eigenvalue weighted by atomic mass is 10.0. The number of benzene rings is 2. The summed E-state index contributed by atoms with van der Waals surface area (Å²) in [6, 6.07) is 15.2. The van der Waals surface area contributed by atoms with Gasteiger partial charge in [0.1, 0.15) is 5.75 Å². The molecule has 0 heterocycles. The number of hydrogen-bond acceptors (Lipinski definition) is 3. The zero-order chi connectivity index (χ0) is 21.4. The average Bonchev–Trinajstić information content (AvgIpc) is 2.73. The third kappa shape index (κ3) is 6.34. The van der Waals surface area contributed by atoms with Crippen LogP contribution in [0.15, 0.2) is 48.5 Å². The van der Waals surface area contributed by atoms with Crippen LogP contribution >= 0.6 is 0 Å². The Labute approximate surface area is 174 Å². The molecular weight excluding hydrogens is 364 g/mol. The second kappa shape index (κ2) is 10.6. The molecule has 0 aliphatic carbocycles. The van der Waals surface area contributed by atoms with E-state index in [1.807, 2.05) is 44.2 Å². The Morgan fingerprint density at radius 2 is 1.66 bits per heavy atom. The summed E-state index contributed by atoms with van der Waals surface area (Å²) >= 11 is 0. The molecule has 29 heavy (non-hydrogen) atoms. The minimum Gasteiger partial charge on any atom is -0.481 e. The molecule has 2 rings (SSSR count). The monoisotopic (exact) mass is 396 g/mol. The second-order valence-corrected chi connectivity index (χ2v) is 7.38. The van der Waals surface area contributed by atoms with Crippen LogP contribution in [0.4, 0.5) is 0 Å². The van der Waals surface area contributed by atoms with E-state index < -0.39 is 6.10 Å². The Morgan fingerprint density at radius 3 is 2.24 bits per heavy atom. The lowest BCUT2D eigenvalue weighted by Gasteiger charge is -2.19. The molecule has 0 radical (unpaired) electrons. The van der Waals surface area contributed by atoms with Gasteiger partial charge in [0.15, 0.2) is 6.10 Å². The molecule has 156 valence electrons. The number of rotatable bonds is 9. The smallest absolute Gasteiger partial charge is 0.261 e. The van der Waals surface area contributed by atoms with Gasteiger partial charge in [-0.05, 0) is 62.1 Å². The average molecular weight is 397 g/mol. The normalized spacial score (nSPS) is 11.8. The van der Waals surface area contributed by atoms with Crippen molar-refractivity contribution in [3.63, 3.8) is 0 Å². The van der Waals surface area contributed by atoms with E-state index in [1.54, 1.807) is 24.0 Å². The fourth-order valence-corrected chi connectivity index (χ4v) is 3.00. The van der Waals surface area contributed by atoms with E-state index in [0.717, 1.165) is 5.56 Å². The highest BCUT2D eigenvalue weighted by atomic mass is 16.5. The van der Waals surface area contributed by atoms with Crippen LogP contribution in [0.3, 0.4) is 0 Å². The first kappa shape index (κ1) is 22.5. The fraction of sp³-hybridized carbons (Fsp3) is 0.417. The van der Waals surface area contributed by atoms with Gasteiger partial charge in [0.25, 0.3) is 11.8 Å². The van der Waals surface area contributed by atoms with Crippen molar-refractivity contribution in [1.82, 2.24) is 10.2 Å². The van der Waals surface area contributed by atoms with Crippen LogP contribution in [0.25, 0.3) is 0 Å². The number of nitrogens with zero attached hydrogens (tertiary/aromatic N) is 1. The van der Waals surface area contributed by atoms with E-state index in [4.69, 9.17) is 4.74 Å². The quantitative estimate of drug-likeness (QED) is 0.684. The van der Waals surface area contributed by atoms with Crippen LogP contribution in [0.1, 0.15) is 62.0 Å². The molecule has 0 saturated heterocycles. The van der Waals surface area contributed by atoms with E-state index in [0.29, 0.717) is 36.9 Å². The van der Waals surface area contributed by atoms with Gasteiger partial charge in [0.2, 0.25) is 0 Å². The maximum atomic E-state index is 12.4. The van der Waals surface area contributed by atoms with Gasteiger partial charge in [-0.25, -0.2) is 0 Å². The first-order chi connectivity index (χ1) is 13.8. The SMILES string of the molecule is CCN(CC)C(=O)c1ccc(CNC(=O)C(C)Oc2cccc(C(C)C)c2)cc1. The van der Waals surface area contributed by atoms with Gasteiger partial charge in [0.05, 0.1) is 0 Å². The van der Waals surface area contributed by atoms with Crippen molar-refractivity contribution < 1.29 is 14.3 Å². The van der Waals surface area contributed by atoms with E-state index in [1.165, 1.54) is 5.56 Å². The van der Waals surface area contributed by atoms with Gasteiger partial charge in [-0.3, -0.25) is 9.59 Å². The van der Waals surface area contributed by atoms with Gasteiger partial charge in [-0.15, -0.1) is 0 Å². The van der Waals surface area contributed by atoms with E-state index in [2.05, 4.69) is 25.2 Å². The highest BCUT2D eigenvalue weighted by Gasteiger charge is 2.15. The van der Waals surface area contributed by atoms with Crippen LogP contribution in [0.5, 0.6) is 5.75 Å². The zero-order valence-corrected chi connectivity index (χ0v) is 18.1. The van der Waals surface area contributed by atoms with Crippen molar-refractivity contribution >= 4 is 11.8 Å². The molecule has 0 spiro atoms. The molecule has 1 atom stereocenters. The predicted molar refractivity (Wildman–Crippen MR) is 116 cm³/mol. The molecule has 1 unspecified atom stereocenters. The maximum Gasteiger partial charge on any atom is 0.261 e. The maximum absolute atomic E-state index is 12.4. The Balaban J connectivity index is 1.89. The van der Waals surface area contributed by atoms with Crippen molar-refractivity contribution in [2.45, 2.75) is 53.2 Å². The number of carbonyl (C=O) groups excluding carboxylic acids is 2. The summed E-state index contributed by atoms with van der Waals surface area (Å²) in [5, 5.41) is 2.89. The largest absolute Gasteiger partial charge is 0.481 e. The highest BCUT2D eigenvalue weighted by Crippen LogP contribution is 2.21. The van der Waals surface area contributed by atoms with Crippen LogP contribution in [0, 0.1) is 0 Å². The Bertz CT molecular complexity index is 811. The van der Waals surface area contributed by atoms with Crippen molar-refractivity contribution in [1.29, 1.82) is 0 Å². The third-order valence-corrected chi connectivity index (χ3v) is 4.93. The molecule has 0 aliphatic rings. The second-order valence-electron chi connectivity index (χ2n) is 7.38. The molecule has 1 N–H and O–H groups in total. The molecule has 0 fully saturated rings. The van der Waals surface area contributed by atoms with E-state index in [-0.39, 0.29) is 11.8 Å². The van der Waals surface area contributed by atoms with Gasteiger partial charge in [-0.1, -0.05) is 38.1 Å². The van der Waals surface area contributed by atoms with Gasteiger partial charge >= 0.3 is 0 Å². The minimum atomic E-state index is -0.596. The summed E-state index contributed by atoms with van der Waals surface area (Å²) in [7, 11) is 0. The molecule has 5 nitrogen and oxygen atoms in total. The van der Waals surface area contributed by atoms with Crippen LogP contribution in [-0.2, 0) is 11.3 Å². The first-order valence-corrected chi connectivity index (χ1v) is 10.3. The predicted octanol–water partition coefficient (Wildman–Crippen LogP) is 4.38. The Kier molecular flexibility index (Phi) is 8.25. The summed E-state index contributed by atoms with van der Waals surface area (Å²) in [6.07, 6.45) is -0.596. The Hall–Kier alpha value is -2.82. The molecule has 0 bridgehead atoms. The molecule has 2 aromatic carbocycles. The third-order valence-electron chi connectivity index (χ3n) is 4.93. The molecule has 0 aromatic heterocycles. The van der Waals surface area contributed by atoms with E-state index in [9.17, 15) is 9.59 Å². The van der Waals surface area contributed by atoms with Crippen molar-refractivity contribution in [3.05, 3.63) is 65.2 Å². The van der Waals surface area contributed by atoms with Crippen LogP contribution < -0.4 is 10.1 Å². The van der Waals surface area contributed by atoms with Crippen LogP contribution in [-0.4, -0.2) is 35.9 Å². The molecule has 0 saturated carbocycles. The molecule has 0 aliphatic heterocycles. The Morgan fingerprint density at radius 1 is 1.00 bits per heavy atom. The summed E-state index contributed by atoms with van der Waals surface area (Å²) < 4.78 is 5.79. The minimum absolute atomic E-state index is 0.0243. The highest BCUT2D eigenvalue weighted by molar-refractivity contribution is 5.94. The summed E-state index contributed by atoms with van der Waals surface area (Å²) in [5.41, 5.74) is 2.77. The molecule has 2 amide bonds. The van der Waals surface area contributed by atoms with Crippen molar-refractivity contribution in [3.8, 4) is 5.75 Å². The number of carbonyl (C=O) groups is 2. The molecular formula is C24H32N2O3. The topological polar surface area (TPSA) is 58.6 Å². The first-order valence-electron chi connectivity index (χ1n) is 10.3. The summed E-state index contributed by atoms with van der Waals surface area (Å²) in [4.78, 5) is 26.5. The number of nitrogens with one attached hydrogen (secondary N) is 1. The number of ether oxygens (including phenoxy) is 1. The van der Waals surface area contributed by atoms with Gasteiger partial charge < -0.3 is 15.0 Å². The van der Waals surface area contributed by atoms with Crippen LogP contribution in [0.2, 0.25) is 0 Å². The van der Waals surface area contributed by atoms with Crippen molar-refractivity contribution in [2.24, 2.45) is 0 Å². The summed E-state index contributed by atoms with van der Waals surface area (Å²) in [6.45, 7) is 11.7. The number of hydrogen-bond donors (Lipinski definition) is 1. The number of amides is 2. The molecule has 2 aromatic rings. The zero-order valence-electron chi connectivity index (χ0n) is 18.1. The van der Waals surface area contributed by atoms with E-state index >= 15 is 0 Å². The lowest BCUT2D eigenvalue weighted by Crippen LogP contribution is -2.36. The fourth-order valence-electron chi connectivity index (χ4n) is 3.00. The summed E-state index contributed by atoms with van der Waals surface area (Å²) in [5.74, 6) is 0.942.